The highest BCUT2D eigenvalue weighted by Gasteiger charge is 2.19. The van der Waals surface area contributed by atoms with E-state index in [2.05, 4.69) is 21.5 Å². The van der Waals surface area contributed by atoms with E-state index >= 15 is 0 Å². The monoisotopic (exact) mass is 374 g/mol. The summed E-state index contributed by atoms with van der Waals surface area (Å²) in [4.78, 5) is 18.3. The second-order valence-corrected chi connectivity index (χ2v) is 6.62. The summed E-state index contributed by atoms with van der Waals surface area (Å²) in [6, 6.07) is 16.7. The van der Waals surface area contributed by atoms with Crippen molar-refractivity contribution in [1.82, 2.24) is 25.0 Å². The standard InChI is InChI=1S/C21H22N6O/c1-15(18-6-4-17(12-22)5-7-18)25-21(28)26(3)16(2)19-8-10-20(11-9-19)27-14-23-13-24-27/h4-11,13-16H,1-3H3,(H,25,28). The van der Waals surface area contributed by atoms with Crippen LogP contribution in [0.4, 0.5) is 4.79 Å². The molecule has 2 unspecified atom stereocenters. The molecule has 3 rings (SSSR count). The number of amides is 2. The van der Waals surface area contributed by atoms with Crippen LogP contribution in [0.3, 0.4) is 0 Å². The molecule has 2 aromatic carbocycles. The number of nitrogens with zero attached hydrogens (tertiary/aromatic N) is 5. The Morgan fingerprint density at radius 1 is 1.11 bits per heavy atom. The average Bonchev–Trinajstić information content (AvgIpc) is 3.27. The summed E-state index contributed by atoms with van der Waals surface area (Å²) in [5, 5.41) is 16.0. The van der Waals surface area contributed by atoms with Gasteiger partial charge in [-0.05, 0) is 49.2 Å². The number of aromatic nitrogens is 3. The predicted molar refractivity (Wildman–Crippen MR) is 106 cm³/mol. The number of nitriles is 1. The Balaban J connectivity index is 1.64. The molecule has 2 atom stereocenters. The number of rotatable bonds is 5. The zero-order chi connectivity index (χ0) is 20.1. The second kappa shape index (κ2) is 8.35. The van der Waals surface area contributed by atoms with Crippen molar-refractivity contribution < 1.29 is 4.79 Å². The van der Waals surface area contributed by atoms with E-state index in [0.29, 0.717) is 5.56 Å². The molecule has 0 aliphatic carbocycles. The van der Waals surface area contributed by atoms with E-state index in [1.165, 1.54) is 6.33 Å². The summed E-state index contributed by atoms with van der Waals surface area (Å²) in [6.07, 6.45) is 3.13. The van der Waals surface area contributed by atoms with Gasteiger partial charge >= 0.3 is 6.03 Å². The van der Waals surface area contributed by atoms with Crippen molar-refractivity contribution in [3.63, 3.8) is 0 Å². The zero-order valence-electron chi connectivity index (χ0n) is 16.1. The number of nitrogens with one attached hydrogen (secondary N) is 1. The molecule has 0 bridgehead atoms. The van der Waals surface area contributed by atoms with Gasteiger partial charge in [-0.1, -0.05) is 24.3 Å². The van der Waals surface area contributed by atoms with Crippen LogP contribution in [-0.4, -0.2) is 32.7 Å². The maximum absolute atomic E-state index is 12.7. The molecule has 1 N–H and O–H groups in total. The summed E-state index contributed by atoms with van der Waals surface area (Å²) in [5.41, 5.74) is 3.48. The minimum absolute atomic E-state index is 0.0991. The lowest BCUT2D eigenvalue weighted by Crippen LogP contribution is -2.39. The Bertz CT molecular complexity index is 958. The van der Waals surface area contributed by atoms with E-state index < -0.39 is 0 Å². The molecule has 0 spiro atoms. The lowest BCUT2D eigenvalue weighted by molar-refractivity contribution is 0.191. The first-order chi connectivity index (χ1) is 13.5. The van der Waals surface area contributed by atoms with E-state index in [1.807, 2.05) is 50.2 Å². The van der Waals surface area contributed by atoms with Crippen LogP contribution in [0.15, 0.2) is 61.2 Å². The summed E-state index contributed by atoms with van der Waals surface area (Å²) < 4.78 is 1.68. The van der Waals surface area contributed by atoms with Gasteiger partial charge in [0.25, 0.3) is 0 Å². The van der Waals surface area contributed by atoms with Crippen LogP contribution in [0, 0.1) is 11.3 Å². The molecule has 0 saturated heterocycles. The molecular weight excluding hydrogens is 352 g/mol. The summed E-state index contributed by atoms with van der Waals surface area (Å²) in [5.74, 6) is 0. The first kappa shape index (κ1) is 19.1. The van der Waals surface area contributed by atoms with E-state index in [4.69, 9.17) is 5.26 Å². The molecule has 1 aromatic heterocycles. The SMILES string of the molecule is CC(NC(=O)N(C)C(C)c1ccc(-n2cncn2)cc1)c1ccc(C#N)cc1. The molecule has 0 fully saturated rings. The molecule has 28 heavy (non-hydrogen) atoms. The highest BCUT2D eigenvalue weighted by molar-refractivity contribution is 5.75. The van der Waals surface area contributed by atoms with Gasteiger partial charge in [0.15, 0.2) is 0 Å². The molecule has 0 saturated carbocycles. The number of benzene rings is 2. The summed E-state index contributed by atoms with van der Waals surface area (Å²) >= 11 is 0. The normalized spacial score (nSPS) is 12.6. The smallest absolute Gasteiger partial charge is 0.318 e. The van der Waals surface area contributed by atoms with Gasteiger partial charge in [-0.2, -0.15) is 10.4 Å². The van der Waals surface area contributed by atoms with Gasteiger partial charge in [-0.25, -0.2) is 14.5 Å². The lowest BCUT2D eigenvalue weighted by atomic mass is 10.1. The molecule has 7 heteroatoms. The van der Waals surface area contributed by atoms with Crippen LogP contribution >= 0.6 is 0 Å². The Kier molecular flexibility index (Phi) is 5.70. The van der Waals surface area contributed by atoms with Gasteiger partial charge < -0.3 is 10.2 Å². The van der Waals surface area contributed by atoms with Crippen molar-refractivity contribution in [2.24, 2.45) is 0 Å². The third kappa shape index (κ3) is 4.18. The molecule has 2 amide bonds. The maximum Gasteiger partial charge on any atom is 0.318 e. The fourth-order valence-electron chi connectivity index (χ4n) is 2.86. The van der Waals surface area contributed by atoms with Crippen LogP contribution < -0.4 is 5.32 Å². The largest absolute Gasteiger partial charge is 0.331 e. The molecule has 142 valence electrons. The molecule has 0 radical (unpaired) electrons. The third-order valence-electron chi connectivity index (χ3n) is 4.84. The van der Waals surface area contributed by atoms with E-state index in [9.17, 15) is 4.79 Å². The van der Waals surface area contributed by atoms with Crippen LogP contribution in [0.25, 0.3) is 5.69 Å². The number of urea groups is 1. The Hall–Kier alpha value is -3.66. The van der Waals surface area contributed by atoms with E-state index in [0.717, 1.165) is 16.8 Å². The van der Waals surface area contributed by atoms with Crippen LogP contribution in [0.1, 0.15) is 42.6 Å². The third-order valence-corrected chi connectivity index (χ3v) is 4.84. The average molecular weight is 374 g/mol. The van der Waals surface area contributed by atoms with Crippen LogP contribution in [-0.2, 0) is 0 Å². The first-order valence-corrected chi connectivity index (χ1v) is 8.98. The molecule has 3 aromatic rings. The predicted octanol–water partition coefficient (Wildman–Crippen LogP) is 3.60. The van der Waals surface area contributed by atoms with E-state index in [-0.39, 0.29) is 18.1 Å². The van der Waals surface area contributed by atoms with Crippen molar-refractivity contribution in [2.45, 2.75) is 25.9 Å². The van der Waals surface area contributed by atoms with Gasteiger partial charge in [-0.15, -0.1) is 0 Å². The first-order valence-electron chi connectivity index (χ1n) is 8.98. The topological polar surface area (TPSA) is 86.8 Å². The van der Waals surface area contributed by atoms with Gasteiger partial charge in [0.1, 0.15) is 12.7 Å². The molecule has 0 aliphatic heterocycles. The minimum Gasteiger partial charge on any atom is -0.331 e. The number of carbonyl (C=O) groups is 1. The van der Waals surface area contributed by atoms with Crippen molar-refractivity contribution >= 4 is 6.03 Å². The lowest BCUT2D eigenvalue weighted by Gasteiger charge is -2.27. The van der Waals surface area contributed by atoms with Gasteiger partial charge in [0.2, 0.25) is 0 Å². The Morgan fingerprint density at radius 2 is 1.75 bits per heavy atom. The van der Waals surface area contributed by atoms with E-state index in [1.54, 1.807) is 35.1 Å². The van der Waals surface area contributed by atoms with Crippen molar-refractivity contribution in [3.8, 4) is 11.8 Å². The highest BCUT2D eigenvalue weighted by Crippen LogP contribution is 2.21. The van der Waals surface area contributed by atoms with Crippen molar-refractivity contribution in [2.75, 3.05) is 7.05 Å². The van der Waals surface area contributed by atoms with Crippen LogP contribution in [0.2, 0.25) is 0 Å². The maximum atomic E-state index is 12.7. The Morgan fingerprint density at radius 3 is 2.32 bits per heavy atom. The van der Waals surface area contributed by atoms with Crippen LogP contribution in [0.5, 0.6) is 0 Å². The fraction of sp³-hybridized carbons (Fsp3) is 0.238. The minimum atomic E-state index is -0.162. The van der Waals surface area contributed by atoms with Gasteiger partial charge in [0, 0.05) is 7.05 Å². The fourth-order valence-corrected chi connectivity index (χ4v) is 2.86. The second-order valence-electron chi connectivity index (χ2n) is 6.62. The van der Waals surface area contributed by atoms with Crippen molar-refractivity contribution in [1.29, 1.82) is 5.26 Å². The number of hydrogen-bond acceptors (Lipinski definition) is 4. The molecule has 0 aliphatic rings. The molecular formula is C21H22N6O. The van der Waals surface area contributed by atoms with Crippen molar-refractivity contribution in [3.05, 3.63) is 77.9 Å². The molecule has 7 nitrogen and oxygen atoms in total. The molecule has 1 heterocycles. The number of hydrogen-bond donors (Lipinski definition) is 1. The summed E-state index contributed by atoms with van der Waals surface area (Å²) in [7, 11) is 1.77. The van der Waals surface area contributed by atoms with Gasteiger partial charge in [-0.3, -0.25) is 0 Å². The zero-order valence-corrected chi connectivity index (χ0v) is 16.1. The van der Waals surface area contributed by atoms with Gasteiger partial charge in [0.05, 0.1) is 29.4 Å². The summed E-state index contributed by atoms with van der Waals surface area (Å²) in [6.45, 7) is 3.90. The Labute approximate surface area is 164 Å². The number of carbonyl (C=O) groups excluding carboxylic acids is 1. The highest BCUT2D eigenvalue weighted by atomic mass is 16.2. The quantitative estimate of drug-likeness (QED) is 0.739.